The minimum atomic E-state index is 0.620. The van der Waals surface area contributed by atoms with Gasteiger partial charge in [-0.05, 0) is 18.9 Å². The Hall–Kier alpha value is -0.0400. The minimum Gasteiger partial charge on any atom is -0.305 e. The predicted molar refractivity (Wildman–Crippen MR) is 49.6 cm³/mol. The van der Waals surface area contributed by atoms with Crippen LogP contribution in [0.1, 0.15) is 27.7 Å². The van der Waals surface area contributed by atoms with Crippen LogP contribution in [0.15, 0.2) is 0 Å². The monoisotopic (exact) mass is 155 g/mol. The molecule has 0 N–H and O–H groups in total. The lowest BCUT2D eigenvalue weighted by Crippen LogP contribution is -2.59. The SMILES string of the molecule is CC(C)C1(C(C)C)CN(C)C1. The van der Waals surface area contributed by atoms with Gasteiger partial charge in [-0.3, -0.25) is 0 Å². The molecule has 1 aliphatic rings. The van der Waals surface area contributed by atoms with E-state index in [0.29, 0.717) is 5.41 Å². The van der Waals surface area contributed by atoms with Crippen molar-refractivity contribution < 1.29 is 0 Å². The zero-order chi connectivity index (χ0) is 8.65. The Morgan fingerprint density at radius 3 is 1.45 bits per heavy atom. The second-order valence-electron chi connectivity index (χ2n) is 4.71. The van der Waals surface area contributed by atoms with Crippen LogP contribution in [0.4, 0.5) is 0 Å². The van der Waals surface area contributed by atoms with Gasteiger partial charge in [0, 0.05) is 18.5 Å². The Kier molecular flexibility index (Phi) is 2.29. The number of hydrogen-bond donors (Lipinski definition) is 0. The molecule has 11 heavy (non-hydrogen) atoms. The standard InChI is InChI=1S/C10H21N/c1-8(2)10(9(3)4)6-11(5)7-10/h8-9H,6-7H2,1-5H3. The Morgan fingerprint density at radius 2 is 1.36 bits per heavy atom. The molecule has 0 aromatic heterocycles. The summed E-state index contributed by atoms with van der Waals surface area (Å²) in [5.41, 5.74) is 0.620. The molecular weight excluding hydrogens is 134 g/mol. The molecule has 1 heteroatoms. The van der Waals surface area contributed by atoms with Crippen LogP contribution in [0.5, 0.6) is 0 Å². The Labute approximate surface area is 70.8 Å². The molecular formula is C10H21N. The smallest absolute Gasteiger partial charge is 0.00524 e. The van der Waals surface area contributed by atoms with Crippen molar-refractivity contribution in [3.63, 3.8) is 0 Å². The van der Waals surface area contributed by atoms with Crippen molar-refractivity contribution in [2.45, 2.75) is 27.7 Å². The first-order valence-electron chi connectivity index (χ1n) is 4.67. The van der Waals surface area contributed by atoms with E-state index in [0.717, 1.165) is 11.8 Å². The molecule has 1 heterocycles. The summed E-state index contributed by atoms with van der Waals surface area (Å²) >= 11 is 0. The van der Waals surface area contributed by atoms with Crippen molar-refractivity contribution >= 4 is 0 Å². The molecule has 0 amide bonds. The molecule has 1 rings (SSSR count). The maximum Gasteiger partial charge on any atom is 0.00524 e. The van der Waals surface area contributed by atoms with Gasteiger partial charge in [0.1, 0.15) is 0 Å². The van der Waals surface area contributed by atoms with Gasteiger partial charge in [-0.25, -0.2) is 0 Å². The van der Waals surface area contributed by atoms with E-state index in [4.69, 9.17) is 0 Å². The van der Waals surface area contributed by atoms with Crippen LogP contribution in [0.25, 0.3) is 0 Å². The van der Waals surface area contributed by atoms with Crippen LogP contribution in [0.3, 0.4) is 0 Å². The molecule has 0 radical (unpaired) electrons. The second-order valence-corrected chi connectivity index (χ2v) is 4.71. The highest BCUT2D eigenvalue weighted by molar-refractivity contribution is 4.97. The van der Waals surface area contributed by atoms with Gasteiger partial charge < -0.3 is 4.90 Å². The fourth-order valence-electron chi connectivity index (χ4n) is 2.36. The molecule has 1 saturated heterocycles. The van der Waals surface area contributed by atoms with E-state index in [1.165, 1.54) is 13.1 Å². The molecule has 66 valence electrons. The van der Waals surface area contributed by atoms with Crippen LogP contribution in [0.2, 0.25) is 0 Å². The fourth-order valence-corrected chi connectivity index (χ4v) is 2.36. The first-order chi connectivity index (χ1) is 4.99. The van der Waals surface area contributed by atoms with Gasteiger partial charge in [0.25, 0.3) is 0 Å². The second kappa shape index (κ2) is 2.78. The molecule has 0 bridgehead atoms. The lowest BCUT2D eigenvalue weighted by molar-refractivity contribution is -0.0566. The average Bonchev–Trinajstić information content (AvgIpc) is 1.78. The number of hydrogen-bond acceptors (Lipinski definition) is 1. The van der Waals surface area contributed by atoms with Crippen molar-refractivity contribution in [1.29, 1.82) is 0 Å². The zero-order valence-electron chi connectivity index (χ0n) is 8.52. The third kappa shape index (κ3) is 1.31. The molecule has 0 saturated carbocycles. The van der Waals surface area contributed by atoms with Gasteiger partial charge in [-0.2, -0.15) is 0 Å². The van der Waals surface area contributed by atoms with Gasteiger partial charge in [0.2, 0.25) is 0 Å². The molecule has 0 aromatic carbocycles. The summed E-state index contributed by atoms with van der Waals surface area (Å²) in [5.74, 6) is 1.66. The van der Waals surface area contributed by atoms with E-state index < -0.39 is 0 Å². The highest BCUT2D eigenvalue weighted by Crippen LogP contribution is 2.43. The van der Waals surface area contributed by atoms with Crippen LogP contribution in [-0.2, 0) is 0 Å². The molecule has 0 atom stereocenters. The Balaban J connectivity index is 2.61. The van der Waals surface area contributed by atoms with Gasteiger partial charge >= 0.3 is 0 Å². The fraction of sp³-hybridized carbons (Fsp3) is 1.00. The quantitative estimate of drug-likeness (QED) is 0.591. The molecule has 1 fully saturated rings. The van der Waals surface area contributed by atoms with Crippen molar-refractivity contribution in [3.8, 4) is 0 Å². The Bertz CT molecular complexity index is 122. The first-order valence-corrected chi connectivity index (χ1v) is 4.67. The molecule has 1 aliphatic heterocycles. The van der Waals surface area contributed by atoms with E-state index in [1.807, 2.05) is 0 Å². The summed E-state index contributed by atoms with van der Waals surface area (Å²) in [7, 11) is 2.21. The first kappa shape index (κ1) is 9.05. The molecule has 0 spiro atoms. The number of likely N-dealkylation sites (tertiary alicyclic amines) is 1. The minimum absolute atomic E-state index is 0.620. The molecule has 0 unspecified atom stereocenters. The van der Waals surface area contributed by atoms with Gasteiger partial charge in [0.05, 0.1) is 0 Å². The predicted octanol–water partition coefficient (Wildman–Crippen LogP) is 2.23. The average molecular weight is 155 g/mol. The maximum atomic E-state index is 2.42. The summed E-state index contributed by atoms with van der Waals surface area (Å²) in [6.07, 6.45) is 0. The number of rotatable bonds is 2. The van der Waals surface area contributed by atoms with Gasteiger partial charge in [-0.1, -0.05) is 27.7 Å². The zero-order valence-corrected chi connectivity index (χ0v) is 8.52. The summed E-state index contributed by atoms with van der Waals surface area (Å²) < 4.78 is 0. The van der Waals surface area contributed by atoms with Crippen molar-refractivity contribution in [1.82, 2.24) is 4.90 Å². The number of nitrogens with zero attached hydrogens (tertiary/aromatic N) is 1. The van der Waals surface area contributed by atoms with Gasteiger partial charge in [0.15, 0.2) is 0 Å². The van der Waals surface area contributed by atoms with Crippen molar-refractivity contribution in [2.24, 2.45) is 17.3 Å². The highest BCUT2D eigenvalue weighted by atomic mass is 15.2. The van der Waals surface area contributed by atoms with Crippen LogP contribution < -0.4 is 0 Å². The largest absolute Gasteiger partial charge is 0.305 e. The highest BCUT2D eigenvalue weighted by Gasteiger charge is 2.45. The summed E-state index contributed by atoms with van der Waals surface area (Å²) in [5, 5.41) is 0. The van der Waals surface area contributed by atoms with Crippen molar-refractivity contribution in [2.75, 3.05) is 20.1 Å². The lowest BCUT2D eigenvalue weighted by Gasteiger charge is -2.54. The lowest BCUT2D eigenvalue weighted by atomic mass is 9.64. The Morgan fingerprint density at radius 1 is 1.00 bits per heavy atom. The maximum absolute atomic E-state index is 2.42. The van der Waals surface area contributed by atoms with E-state index in [1.54, 1.807) is 0 Å². The normalized spacial score (nSPS) is 24.3. The van der Waals surface area contributed by atoms with Crippen LogP contribution >= 0.6 is 0 Å². The van der Waals surface area contributed by atoms with Crippen LogP contribution in [-0.4, -0.2) is 25.0 Å². The van der Waals surface area contributed by atoms with E-state index in [9.17, 15) is 0 Å². The summed E-state index contributed by atoms with van der Waals surface area (Å²) in [6.45, 7) is 12.0. The topological polar surface area (TPSA) is 3.24 Å². The molecule has 0 aromatic rings. The molecule has 0 aliphatic carbocycles. The van der Waals surface area contributed by atoms with E-state index in [2.05, 4.69) is 39.6 Å². The van der Waals surface area contributed by atoms with Crippen molar-refractivity contribution in [3.05, 3.63) is 0 Å². The van der Waals surface area contributed by atoms with E-state index in [-0.39, 0.29) is 0 Å². The van der Waals surface area contributed by atoms with Crippen LogP contribution in [0, 0.1) is 17.3 Å². The van der Waals surface area contributed by atoms with Gasteiger partial charge in [-0.15, -0.1) is 0 Å². The van der Waals surface area contributed by atoms with E-state index >= 15 is 0 Å². The summed E-state index contributed by atoms with van der Waals surface area (Å²) in [4.78, 5) is 2.42. The third-order valence-corrected chi connectivity index (χ3v) is 3.43. The molecule has 1 nitrogen and oxygen atoms in total. The third-order valence-electron chi connectivity index (χ3n) is 3.43. The summed E-state index contributed by atoms with van der Waals surface area (Å²) in [6, 6.07) is 0.